The van der Waals surface area contributed by atoms with Crippen molar-refractivity contribution in [2.45, 2.75) is 45.2 Å². The van der Waals surface area contributed by atoms with Crippen molar-refractivity contribution in [3.8, 4) is 0 Å². The van der Waals surface area contributed by atoms with Crippen molar-refractivity contribution in [3.05, 3.63) is 0 Å². The third-order valence-electron chi connectivity index (χ3n) is 4.69. The average Bonchev–Trinajstić information content (AvgIpc) is 2.20. The summed E-state index contributed by atoms with van der Waals surface area (Å²) in [4.78, 5) is 5.20. The third kappa shape index (κ3) is 2.46. The Labute approximate surface area is 108 Å². The minimum atomic E-state index is 0.606. The van der Waals surface area contributed by atoms with Crippen LogP contribution in [0.15, 0.2) is 0 Å². The van der Waals surface area contributed by atoms with Crippen LogP contribution >= 0.6 is 15.9 Å². The Balaban J connectivity index is 1.91. The molecule has 1 saturated heterocycles. The third-order valence-corrected chi connectivity index (χ3v) is 5.88. The predicted octanol–water partition coefficient (Wildman–Crippen LogP) is 2.58. The van der Waals surface area contributed by atoms with E-state index in [1.54, 1.807) is 0 Å². The number of halogens is 1. The second-order valence-corrected chi connectivity index (χ2v) is 6.61. The summed E-state index contributed by atoms with van der Waals surface area (Å²) >= 11 is 3.72. The van der Waals surface area contributed by atoms with Crippen LogP contribution < -0.4 is 0 Å². The second-order valence-electron chi connectivity index (χ2n) is 6.04. The Kier molecular flexibility index (Phi) is 3.97. The maximum atomic E-state index is 3.72. The van der Waals surface area contributed by atoms with Gasteiger partial charge in [-0.15, -0.1) is 0 Å². The number of piperazine rings is 1. The van der Waals surface area contributed by atoms with E-state index in [0.717, 1.165) is 0 Å². The van der Waals surface area contributed by atoms with Crippen molar-refractivity contribution in [1.82, 2.24) is 9.80 Å². The van der Waals surface area contributed by atoms with E-state index in [-0.39, 0.29) is 0 Å². The number of nitrogens with zero attached hydrogens (tertiary/aromatic N) is 2. The Morgan fingerprint density at radius 1 is 1.19 bits per heavy atom. The highest BCUT2D eigenvalue weighted by atomic mass is 79.9. The van der Waals surface area contributed by atoms with Gasteiger partial charge in [0, 0.05) is 37.0 Å². The van der Waals surface area contributed by atoms with E-state index in [9.17, 15) is 0 Å². The molecule has 0 spiro atoms. The molecule has 1 saturated carbocycles. The highest BCUT2D eigenvalue weighted by Crippen LogP contribution is 2.43. The first-order valence-electron chi connectivity index (χ1n) is 6.56. The lowest BCUT2D eigenvalue weighted by molar-refractivity contribution is 0.0147. The monoisotopic (exact) mass is 288 g/mol. The van der Waals surface area contributed by atoms with E-state index in [4.69, 9.17) is 0 Å². The minimum Gasteiger partial charge on any atom is -0.300 e. The van der Waals surface area contributed by atoms with Crippen molar-refractivity contribution in [1.29, 1.82) is 0 Å². The van der Waals surface area contributed by atoms with Gasteiger partial charge in [0.1, 0.15) is 0 Å². The van der Waals surface area contributed by atoms with Crippen LogP contribution in [0.5, 0.6) is 0 Å². The van der Waals surface area contributed by atoms with Gasteiger partial charge in [-0.05, 0) is 39.2 Å². The molecule has 3 heteroatoms. The van der Waals surface area contributed by atoms with Crippen LogP contribution in [0, 0.1) is 5.41 Å². The molecule has 2 unspecified atom stereocenters. The average molecular weight is 289 g/mol. The number of hydrogen-bond acceptors (Lipinski definition) is 2. The minimum absolute atomic E-state index is 0.606. The lowest BCUT2D eigenvalue weighted by atomic mass is 9.70. The summed E-state index contributed by atoms with van der Waals surface area (Å²) in [6.45, 7) is 8.50. The van der Waals surface area contributed by atoms with Gasteiger partial charge in [0.15, 0.2) is 0 Å². The number of hydrogen-bond donors (Lipinski definition) is 0. The topological polar surface area (TPSA) is 6.48 Å². The summed E-state index contributed by atoms with van der Waals surface area (Å²) in [5.74, 6) is 0. The molecule has 2 nitrogen and oxygen atoms in total. The van der Waals surface area contributed by atoms with Crippen LogP contribution in [0.2, 0.25) is 0 Å². The molecule has 2 atom stereocenters. The first kappa shape index (κ1) is 12.8. The van der Waals surface area contributed by atoms with Gasteiger partial charge in [0.05, 0.1) is 0 Å². The van der Waals surface area contributed by atoms with Gasteiger partial charge in [0.2, 0.25) is 0 Å². The number of alkyl halides is 1. The molecule has 94 valence electrons. The zero-order chi connectivity index (χ0) is 11.8. The lowest BCUT2D eigenvalue weighted by Crippen LogP contribution is -2.57. The Hall–Kier alpha value is 0.400. The van der Waals surface area contributed by atoms with Gasteiger partial charge < -0.3 is 0 Å². The fraction of sp³-hybridized carbons (Fsp3) is 1.00. The van der Waals surface area contributed by atoms with Crippen molar-refractivity contribution < 1.29 is 0 Å². The summed E-state index contributed by atoms with van der Waals surface area (Å²) in [5, 5.41) is 1.19. The summed E-state index contributed by atoms with van der Waals surface area (Å²) < 4.78 is 0. The molecule has 0 aromatic carbocycles. The summed E-state index contributed by atoms with van der Waals surface area (Å²) in [7, 11) is 2.26. The van der Waals surface area contributed by atoms with Crippen molar-refractivity contribution in [2.24, 2.45) is 5.41 Å². The highest BCUT2D eigenvalue weighted by Gasteiger charge is 2.39. The molecule has 0 bridgehead atoms. The summed E-state index contributed by atoms with van der Waals surface area (Å²) in [5.41, 5.74) is 0.606. The molecule has 16 heavy (non-hydrogen) atoms. The predicted molar refractivity (Wildman–Crippen MR) is 73.2 cm³/mol. The maximum absolute atomic E-state index is 3.72. The quantitative estimate of drug-likeness (QED) is 0.737. The normalized spacial score (nSPS) is 36.0. The molecule has 0 amide bonds. The molecule has 0 radical (unpaired) electrons. The summed E-state index contributed by atoms with van der Waals surface area (Å²) in [6, 6.07) is 1.41. The SMILES string of the molecule is CC1CN(CC2(CBr)CCC2)CC(C)N1C. The summed E-state index contributed by atoms with van der Waals surface area (Å²) in [6.07, 6.45) is 4.28. The molecule has 0 aromatic heterocycles. The van der Waals surface area contributed by atoms with Gasteiger partial charge in [-0.1, -0.05) is 22.4 Å². The Morgan fingerprint density at radius 2 is 1.75 bits per heavy atom. The second kappa shape index (κ2) is 4.95. The lowest BCUT2D eigenvalue weighted by Gasteiger charge is -2.49. The largest absolute Gasteiger partial charge is 0.300 e. The molecule has 2 fully saturated rings. The first-order chi connectivity index (χ1) is 7.56. The first-order valence-corrected chi connectivity index (χ1v) is 7.69. The molecule has 2 rings (SSSR count). The van der Waals surface area contributed by atoms with Gasteiger partial charge >= 0.3 is 0 Å². The number of likely N-dealkylation sites (N-methyl/N-ethyl adjacent to an activating group) is 1. The Bertz CT molecular complexity index is 223. The van der Waals surface area contributed by atoms with Crippen molar-refractivity contribution in [3.63, 3.8) is 0 Å². The van der Waals surface area contributed by atoms with Crippen LogP contribution in [-0.4, -0.2) is 53.9 Å². The molecule has 1 heterocycles. The van der Waals surface area contributed by atoms with Crippen LogP contribution in [0.25, 0.3) is 0 Å². The van der Waals surface area contributed by atoms with E-state index >= 15 is 0 Å². The van der Waals surface area contributed by atoms with Crippen LogP contribution in [0.1, 0.15) is 33.1 Å². The van der Waals surface area contributed by atoms with Crippen molar-refractivity contribution >= 4 is 15.9 Å². The van der Waals surface area contributed by atoms with E-state index in [1.807, 2.05) is 0 Å². The molecule has 1 aliphatic heterocycles. The van der Waals surface area contributed by atoms with E-state index in [0.29, 0.717) is 17.5 Å². The molecule has 2 aliphatic rings. The van der Waals surface area contributed by atoms with Gasteiger partial charge in [-0.3, -0.25) is 9.80 Å². The maximum Gasteiger partial charge on any atom is 0.0195 e. The fourth-order valence-electron chi connectivity index (χ4n) is 3.13. The Morgan fingerprint density at radius 3 is 2.12 bits per heavy atom. The molecule has 0 N–H and O–H groups in total. The molecular formula is C13H25BrN2. The van der Waals surface area contributed by atoms with Gasteiger partial charge in [0.25, 0.3) is 0 Å². The van der Waals surface area contributed by atoms with Crippen molar-refractivity contribution in [2.75, 3.05) is 32.0 Å². The smallest absolute Gasteiger partial charge is 0.0195 e. The highest BCUT2D eigenvalue weighted by molar-refractivity contribution is 9.09. The zero-order valence-corrected chi connectivity index (χ0v) is 12.5. The van der Waals surface area contributed by atoms with E-state index in [2.05, 4.69) is 46.6 Å². The fourth-order valence-corrected chi connectivity index (χ4v) is 3.87. The van der Waals surface area contributed by atoms with Crippen LogP contribution in [0.4, 0.5) is 0 Å². The van der Waals surface area contributed by atoms with Gasteiger partial charge in [-0.2, -0.15) is 0 Å². The van der Waals surface area contributed by atoms with E-state index in [1.165, 1.54) is 44.2 Å². The molecule has 0 aromatic rings. The molecule has 1 aliphatic carbocycles. The number of rotatable bonds is 3. The van der Waals surface area contributed by atoms with Crippen LogP contribution in [0.3, 0.4) is 0 Å². The van der Waals surface area contributed by atoms with Gasteiger partial charge in [-0.25, -0.2) is 0 Å². The molecular weight excluding hydrogens is 264 g/mol. The van der Waals surface area contributed by atoms with E-state index < -0.39 is 0 Å². The van der Waals surface area contributed by atoms with Crippen LogP contribution in [-0.2, 0) is 0 Å². The zero-order valence-electron chi connectivity index (χ0n) is 10.9. The standard InChI is InChI=1S/C13H25BrN2/c1-11-7-16(8-12(2)15(11)3)10-13(9-14)5-4-6-13/h11-12H,4-10H2,1-3H3.